The van der Waals surface area contributed by atoms with Crippen molar-refractivity contribution >= 4 is 0 Å². The smallest absolute Gasteiger partial charge is 0.127 e. The van der Waals surface area contributed by atoms with Crippen LogP contribution in [-0.2, 0) is 0 Å². The Morgan fingerprint density at radius 3 is 2.18 bits per heavy atom. The first-order chi connectivity index (χ1) is 5.01. The fourth-order valence-electron chi connectivity index (χ4n) is 2.12. The van der Waals surface area contributed by atoms with Crippen LogP contribution < -0.4 is 0 Å². The quantitative estimate of drug-likeness (QED) is 0.405. The predicted octanol–water partition coefficient (Wildman–Crippen LogP) is -0.725. The third kappa shape index (κ3) is 0.559. The lowest BCUT2D eigenvalue weighted by molar-refractivity contribution is -0.0373. The van der Waals surface area contributed by atoms with Crippen molar-refractivity contribution in [3.63, 3.8) is 0 Å². The highest BCUT2D eigenvalue weighted by Crippen LogP contribution is 2.60. The van der Waals surface area contributed by atoms with Gasteiger partial charge >= 0.3 is 0 Å². The van der Waals surface area contributed by atoms with Gasteiger partial charge in [-0.25, -0.2) is 0 Å². The topological polar surface area (TPSA) is 60.7 Å². The van der Waals surface area contributed by atoms with Gasteiger partial charge in [-0.2, -0.15) is 0 Å². The van der Waals surface area contributed by atoms with E-state index in [1.807, 2.05) is 6.92 Å². The average Bonchev–Trinajstić information content (AvgIpc) is 2.46. The van der Waals surface area contributed by atoms with Crippen LogP contribution in [0.4, 0.5) is 0 Å². The van der Waals surface area contributed by atoms with E-state index in [9.17, 15) is 15.3 Å². The second-order valence-electron chi connectivity index (χ2n) is 3.62. The van der Waals surface area contributed by atoms with Crippen LogP contribution in [0.15, 0.2) is 12.2 Å². The Morgan fingerprint density at radius 2 is 1.91 bits per heavy atom. The van der Waals surface area contributed by atoms with E-state index in [0.717, 1.165) is 5.57 Å². The summed E-state index contributed by atoms with van der Waals surface area (Å²) >= 11 is 0. The first-order valence-corrected chi connectivity index (χ1v) is 3.78. The third-order valence-corrected chi connectivity index (χ3v) is 3.11. The first kappa shape index (κ1) is 7.28. The number of rotatable bonds is 0. The van der Waals surface area contributed by atoms with Gasteiger partial charge in [0.25, 0.3) is 0 Å². The van der Waals surface area contributed by atoms with Gasteiger partial charge in [0.2, 0.25) is 0 Å². The van der Waals surface area contributed by atoms with Crippen LogP contribution in [0.5, 0.6) is 0 Å². The molecule has 5 unspecified atom stereocenters. The van der Waals surface area contributed by atoms with Crippen LogP contribution in [0.25, 0.3) is 0 Å². The lowest BCUT2D eigenvalue weighted by atomic mass is 9.98. The van der Waals surface area contributed by atoms with Crippen LogP contribution in [0.3, 0.4) is 0 Å². The zero-order chi connectivity index (χ0) is 8.39. The number of fused-ring (bicyclic) bond motifs is 1. The summed E-state index contributed by atoms with van der Waals surface area (Å²) in [5.41, 5.74) is -0.497. The highest BCUT2D eigenvalue weighted by atomic mass is 16.4. The van der Waals surface area contributed by atoms with Crippen molar-refractivity contribution in [1.82, 2.24) is 0 Å². The Labute approximate surface area is 65.0 Å². The molecule has 0 aromatic carbocycles. The number of aliphatic hydroxyl groups is 3. The molecule has 3 N–H and O–H groups in total. The number of aliphatic hydroxyl groups excluding tert-OH is 2. The van der Waals surface area contributed by atoms with Gasteiger partial charge in [0, 0.05) is 11.8 Å². The molecule has 2 saturated carbocycles. The molecule has 2 aliphatic carbocycles. The largest absolute Gasteiger partial charge is 0.389 e. The van der Waals surface area contributed by atoms with E-state index in [0.29, 0.717) is 0 Å². The highest BCUT2D eigenvalue weighted by molar-refractivity contribution is 5.38. The fraction of sp³-hybridized carbons (Fsp3) is 0.750. The minimum absolute atomic E-state index is 0.0894. The van der Waals surface area contributed by atoms with Gasteiger partial charge in [0.05, 0.1) is 12.2 Å². The molecule has 3 nitrogen and oxygen atoms in total. The van der Waals surface area contributed by atoms with Gasteiger partial charge in [-0.1, -0.05) is 19.1 Å². The van der Waals surface area contributed by atoms with Gasteiger partial charge in [0.1, 0.15) is 5.60 Å². The van der Waals surface area contributed by atoms with Crippen molar-refractivity contribution < 1.29 is 15.3 Å². The molecule has 2 rings (SSSR count). The lowest BCUT2D eigenvalue weighted by Gasteiger charge is -2.18. The zero-order valence-electron chi connectivity index (χ0n) is 6.36. The van der Waals surface area contributed by atoms with Crippen LogP contribution in [0, 0.1) is 11.8 Å². The maximum Gasteiger partial charge on any atom is 0.127 e. The van der Waals surface area contributed by atoms with E-state index in [-0.39, 0.29) is 11.8 Å². The van der Waals surface area contributed by atoms with Crippen molar-refractivity contribution in [1.29, 1.82) is 0 Å². The summed E-state index contributed by atoms with van der Waals surface area (Å²) < 4.78 is 0. The van der Waals surface area contributed by atoms with E-state index >= 15 is 0 Å². The van der Waals surface area contributed by atoms with Gasteiger partial charge < -0.3 is 15.3 Å². The Hall–Kier alpha value is -0.380. The molecular weight excluding hydrogens is 144 g/mol. The summed E-state index contributed by atoms with van der Waals surface area (Å²) in [7, 11) is 0. The van der Waals surface area contributed by atoms with E-state index in [4.69, 9.17) is 0 Å². The summed E-state index contributed by atoms with van der Waals surface area (Å²) in [6.07, 6.45) is -1.63. The predicted molar refractivity (Wildman–Crippen MR) is 38.8 cm³/mol. The molecule has 5 atom stereocenters. The van der Waals surface area contributed by atoms with E-state index in [1.165, 1.54) is 0 Å². The van der Waals surface area contributed by atoms with E-state index in [2.05, 4.69) is 6.58 Å². The molecule has 0 aromatic rings. The summed E-state index contributed by atoms with van der Waals surface area (Å²) in [4.78, 5) is 0. The third-order valence-electron chi connectivity index (χ3n) is 3.11. The normalized spacial score (nSPS) is 61.3. The van der Waals surface area contributed by atoms with Crippen LogP contribution >= 0.6 is 0 Å². The Kier molecular flexibility index (Phi) is 1.11. The van der Waals surface area contributed by atoms with Gasteiger partial charge in [-0.3, -0.25) is 0 Å². The summed E-state index contributed by atoms with van der Waals surface area (Å²) in [5, 5.41) is 28.2. The summed E-state index contributed by atoms with van der Waals surface area (Å²) in [5.74, 6) is -0.374. The van der Waals surface area contributed by atoms with Crippen LogP contribution in [0.2, 0.25) is 0 Å². The molecule has 2 fully saturated rings. The molecule has 0 radical (unpaired) electrons. The van der Waals surface area contributed by atoms with Crippen molar-refractivity contribution in [2.24, 2.45) is 11.8 Å². The maximum atomic E-state index is 9.59. The van der Waals surface area contributed by atoms with Crippen molar-refractivity contribution in [3.8, 4) is 0 Å². The van der Waals surface area contributed by atoms with Crippen molar-refractivity contribution in [3.05, 3.63) is 12.2 Å². The first-order valence-electron chi connectivity index (χ1n) is 3.78. The average molecular weight is 156 g/mol. The maximum absolute atomic E-state index is 9.59. The van der Waals surface area contributed by atoms with Crippen LogP contribution in [0.1, 0.15) is 6.92 Å². The van der Waals surface area contributed by atoms with Crippen molar-refractivity contribution in [2.45, 2.75) is 24.7 Å². The molecule has 0 spiro atoms. The Bertz CT molecular complexity index is 225. The Morgan fingerprint density at radius 1 is 1.36 bits per heavy atom. The second kappa shape index (κ2) is 1.68. The molecule has 0 aromatic heterocycles. The monoisotopic (exact) mass is 156 g/mol. The number of hydrogen-bond donors (Lipinski definition) is 3. The molecule has 0 amide bonds. The molecular formula is C8H12O3. The highest BCUT2D eigenvalue weighted by Gasteiger charge is 2.74. The van der Waals surface area contributed by atoms with Gasteiger partial charge in [-0.15, -0.1) is 0 Å². The fourth-order valence-corrected chi connectivity index (χ4v) is 2.12. The molecule has 0 bridgehead atoms. The molecule has 11 heavy (non-hydrogen) atoms. The number of hydrogen-bond acceptors (Lipinski definition) is 3. The zero-order valence-corrected chi connectivity index (χ0v) is 6.36. The molecule has 0 aliphatic heterocycles. The second-order valence-corrected chi connectivity index (χ2v) is 3.62. The lowest BCUT2D eigenvalue weighted by Crippen LogP contribution is -2.34. The Balaban J connectivity index is 2.33. The van der Waals surface area contributed by atoms with E-state index in [1.54, 1.807) is 0 Å². The SMILES string of the molecule is C=C1C(C)C(O)C2(O)C(O)C12. The molecule has 2 aliphatic rings. The van der Waals surface area contributed by atoms with Crippen LogP contribution in [-0.4, -0.2) is 33.1 Å². The van der Waals surface area contributed by atoms with Gasteiger partial charge in [-0.05, 0) is 0 Å². The molecule has 0 saturated heterocycles. The van der Waals surface area contributed by atoms with Gasteiger partial charge in [0.15, 0.2) is 0 Å². The molecule has 0 heterocycles. The summed E-state index contributed by atoms with van der Waals surface area (Å²) in [6.45, 7) is 5.53. The summed E-state index contributed by atoms with van der Waals surface area (Å²) in [6, 6.07) is 0. The molecule has 3 heteroatoms. The minimum Gasteiger partial charge on any atom is -0.389 e. The van der Waals surface area contributed by atoms with E-state index < -0.39 is 17.8 Å². The molecule has 62 valence electrons. The standard InChI is InChI=1S/C8H12O3/c1-3-4(2)6(9)8(11)5(3)7(8)10/h4-7,9-11H,1H2,2H3. The van der Waals surface area contributed by atoms with Crippen molar-refractivity contribution in [2.75, 3.05) is 0 Å². The minimum atomic E-state index is -1.27.